The molecule has 2 aromatic heterocycles. The summed E-state index contributed by atoms with van der Waals surface area (Å²) in [7, 11) is 0. The van der Waals surface area contributed by atoms with Gasteiger partial charge < -0.3 is 23.7 Å². The van der Waals surface area contributed by atoms with E-state index in [-0.39, 0.29) is 0 Å². The Morgan fingerprint density at radius 2 is 0.889 bits per heavy atom. The molecule has 0 fully saturated rings. The van der Waals surface area contributed by atoms with Gasteiger partial charge in [0.05, 0.1) is 77.5 Å². The molecule has 1 aliphatic heterocycles. The highest BCUT2D eigenvalue weighted by molar-refractivity contribution is 5.55. The summed E-state index contributed by atoms with van der Waals surface area (Å²) in [5.41, 5.74) is 3.74. The van der Waals surface area contributed by atoms with Gasteiger partial charge in [0.15, 0.2) is 0 Å². The van der Waals surface area contributed by atoms with Crippen LogP contribution in [0.1, 0.15) is 11.1 Å². The highest BCUT2D eigenvalue weighted by atomic mass is 16.6. The summed E-state index contributed by atoms with van der Waals surface area (Å²) in [6.45, 7) is 5.37. The average molecular weight is 374 g/mol. The van der Waals surface area contributed by atoms with Gasteiger partial charge in [0.2, 0.25) is 0 Å². The summed E-state index contributed by atoms with van der Waals surface area (Å²) >= 11 is 0. The van der Waals surface area contributed by atoms with Gasteiger partial charge in [-0.3, -0.25) is 9.97 Å². The summed E-state index contributed by atoms with van der Waals surface area (Å²) in [5, 5.41) is 0. The zero-order chi connectivity index (χ0) is 18.6. The lowest BCUT2D eigenvalue weighted by Crippen LogP contribution is -2.13. The molecular formula is C20H26N2O5. The van der Waals surface area contributed by atoms with E-state index < -0.39 is 0 Å². The fraction of sp³-hybridized carbons (Fsp3) is 0.500. The summed E-state index contributed by atoms with van der Waals surface area (Å²) in [6.07, 6.45) is 3.55. The second kappa shape index (κ2) is 11.7. The first kappa shape index (κ1) is 19.9. The maximum Gasteiger partial charge on any atom is 0.0889 e. The van der Waals surface area contributed by atoms with E-state index in [1.807, 2.05) is 24.3 Å². The maximum absolute atomic E-state index is 5.67. The van der Waals surface area contributed by atoms with Crippen molar-refractivity contribution >= 4 is 0 Å². The van der Waals surface area contributed by atoms with Gasteiger partial charge in [-0.25, -0.2) is 0 Å². The van der Waals surface area contributed by atoms with Gasteiger partial charge in [0.1, 0.15) is 0 Å². The molecule has 0 saturated carbocycles. The van der Waals surface area contributed by atoms with Gasteiger partial charge in [0, 0.05) is 12.4 Å². The van der Waals surface area contributed by atoms with E-state index in [2.05, 4.69) is 9.97 Å². The molecule has 0 aromatic carbocycles. The summed E-state index contributed by atoms with van der Waals surface area (Å²) in [4.78, 5) is 8.86. The number of pyridine rings is 2. The predicted octanol–water partition coefficient (Wildman–Crippen LogP) is 2.24. The van der Waals surface area contributed by atoms with Crippen molar-refractivity contribution in [2.45, 2.75) is 13.2 Å². The zero-order valence-corrected chi connectivity index (χ0v) is 15.5. The van der Waals surface area contributed by atoms with Crippen LogP contribution >= 0.6 is 0 Å². The molecule has 27 heavy (non-hydrogen) atoms. The molecule has 3 rings (SSSR count). The minimum Gasteiger partial charge on any atom is -0.377 e. The minimum absolute atomic E-state index is 0.509. The standard InChI is InChI=1S/C20H26N2O5/c1-3-21-19-13-17(1)15-26-11-9-24-7-5-23-6-8-25-10-12-27-16-18-2-4-22-20(19)14-18/h1-4,13-14H,5-12,15-16H2. The molecule has 0 radical (unpaired) electrons. The third-order valence-electron chi connectivity index (χ3n) is 3.94. The van der Waals surface area contributed by atoms with Crippen LogP contribution in [0.5, 0.6) is 0 Å². The van der Waals surface area contributed by atoms with Gasteiger partial charge in [-0.2, -0.15) is 0 Å². The van der Waals surface area contributed by atoms with E-state index in [1.54, 1.807) is 12.4 Å². The molecule has 146 valence electrons. The smallest absolute Gasteiger partial charge is 0.0889 e. The van der Waals surface area contributed by atoms with Crippen LogP contribution in [0.3, 0.4) is 0 Å². The largest absolute Gasteiger partial charge is 0.377 e. The van der Waals surface area contributed by atoms with E-state index in [9.17, 15) is 0 Å². The molecule has 4 bridgehead atoms. The third-order valence-corrected chi connectivity index (χ3v) is 3.94. The van der Waals surface area contributed by atoms with Gasteiger partial charge in [-0.15, -0.1) is 0 Å². The van der Waals surface area contributed by atoms with Crippen LogP contribution in [0.4, 0.5) is 0 Å². The first-order valence-corrected chi connectivity index (χ1v) is 9.21. The Morgan fingerprint density at radius 3 is 1.30 bits per heavy atom. The first-order chi connectivity index (χ1) is 13.4. The Hall–Kier alpha value is -1.90. The lowest BCUT2D eigenvalue weighted by atomic mass is 10.1. The SMILES string of the molecule is c1cc2cc(n1)-c1cc(ccn1)COCCOCCOCCOCCOC2. The molecule has 0 spiro atoms. The van der Waals surface area contributed by atoms with E-state index in [4.69, 9.17) is 23.7 Å². The number of hydrogen-bond donors (Lipinski definition) is 0. The monoisotopic (exact) mass is 374 g/mol. The van der Waals surface area contributed by atoms with Crippen molar-refractivity contribution in [2.75, 3.05) is 52.9 Å². The van der Waals surface area contributed by atoms with Crippen LogP contribution in [0.25, 0.3) is 11.4 Å². The van der Waals surface area contributed by atoms with Crippen molar-refractivity contribution < 1.29 is 23.7 Å². The van der Waals surface area contributed by atoms with E-state index in [0.29, 0.717) is 66.1 Å². The Labute approximate surface area is 159 Å². The fourth-order valence-electron chi connectivity index (χ4n) is 2.57. The molecule has 0 N–H and O–H groups in total. The molecule has 0 atom stereocenters. The Kier molecular flexibility index (Phi) is 8.63. The van der Waals surface area contributed by atoms with E-state index in [1.165, 1.54) is 0 Å². The Balaban J connectivity index is 1.63. The number of fused-ring (bicyclic) bond motifs is 5. The molecule has 1 aliphatic rings. The Morgan fingerprint density at radius 1 is 0.519 bits per heavy atom. The van der Waals surface area contributed by atoms with Gasteiger partial charge in [0.25, 0.3) is 0 Å². The van der Waals surface area contributed by atoms with Crippen molar-refractivity contribution in [1.29, 1.82) is 0 Å². The van der Waals surface area contributed by atoms with Crippen LogP contribution in [0, 0.1) is 0 Å². The summed E-state index contributed by atoms with van der Waals surface area (Å²) in [5.74, 6) is 0. The minimum atomic E-state index is 0.509. The second-order valence-electron chi connectivity index (χ2n) is 6.04. The zero-order valence-electron chi connectivity index (χ0n) is 15.5. The molecule has 0 saturated heterocycles. The number of aromatic nitrogens is 2. The Bertz CT molecular complexity index is 625. The van der Waals surface area contributed by atoms with E-state index >= 15 is 0 Å². The van der Waals surface area contributed by atoms with Crippen LogP contribution < -0.4 is 0 Å². The lowest BCUT2D eigenvalue weighted by molar-refractivity contribution is -0.0137. The predicted molar refractivity (Wildman–Crippen MR) is 99.2 cm³/mol. The molecule has 7 nitrogen and oxygen atoms in total. The number of hydrogen-bond acceptors (Lipinski definition) is 7. The average Bonchev–Trinajstić information content (AvgIpc) is 2.71. The molecule has 0 unspecified atom stereocenters. The quantitative estimate of drug-likeness (QED) is 0.700. The van der Waals surface area contributed by atoms with Crippen molar-refractivity contribution in [3.8, 4) is 11.4 Å². The van der Waals surface area contributed by atoms with Crippen LogP contribution in [0.2, 0.25) is 0 Å². The molecular weight excluding hydrogens is 348 g/mol. The second-order valence-corrected chi connectivity index (χ2v) is 6.04. The molecule has 3 heterocycles. The van der Waals surface area contributed by atoms with Crippen molar-refractivity contribution in [2.24, 2.45) is 0 Å². The van der Waals surface area contributed by atoms with Crippen LogP contribution in [-0.2, 0) is 36.9 Å². The number of ether oxygens (including phenoxy) is 5. The molecule has 0 aliphatic carbocycles. The first-order valence-electron chi connectivity index (χ1n) is 9.21. The molecule has 0 amide bonds. The fourth-order valence-corrected chi connectivity index (χ4v) is 2.57. The highest BCUT2D eigenvalue weighted by Gasteiger charge is 2.05. The lowest BCUT2D eigenvalue weighted by Gasteiger charge is -2.08. The molecule has 7 heteroatoms. The topological polar surface area (TPSA) is 71.9 Å². The summed E-state index contributed by atoms with van der Waals surface area (Å²) in [6, 6.07) is 7.89. The van der Waals surface area contributed by atoms with Crippen molar-refractivity contribution in [3.05, 3.63) is 47.8 Å². The highest BCUT2D eigenvalue weighted by Crippen LogP contribution is 2.17. The van der Waals surface area contributed by atoms with Crippen molar-refractivity contribution in [1.82, 2.24) is 9.97 Å². The summed E-state index contributed by atoms with van der Waals surface area (Å²) < 4.78 is 27.8. The normalized spacial score (nSPS) is 18.4. The van der Waals surface area contributed by atoms with Gasteiger partial charge >= 0.3 is 0 Å². The van der Waals surface area contributed by atoms with Crippen LogP contribution in [-0.4, -0.2) is 62.8 Å². The van der Waals surface area contributed by atoms with Crippen LogP contribution in [0.15, 0.2) is 36.7 Å². The van der Waals surface area contributed by atoms with Gasteiger partial charge in [-0.05, 0) is 35.4 Å². The third kappa shape index (κ3) is 7.32. The maximum atomic E-state index is 5.67. The van der Waals surface area contributed by atoms with Crippen molar-refractivity contribution in [3.63, 3.8) is 0 Å². The number of nitrogens with zero attached hydrogens (tertiary/aromatic N) is 2. The molecule has 2 aromatic rings. The van der Waals surface area contributed by atoms with E-state index in [0.717, 1.165) is 22.5 Å². The van der Waals surface area contributed by atoms with Gasteiger partial charge in [-0.1, -0.05) is 0 Å². The number of rotatable bonds is 0.